The van der Waals surface area contributed by atoms with Gasteiger partial charge in [-0.15, -0.1) is 0 Å². The Labute approximate surface area is 136 Å². The summed E-state index contributed by atoms with van der Waals surface area (Å²) in [7, 11) is -3.21. The number of sulfone groups is 1. The molecule has 124 valence electrons. The topological polar surface area (TPSA) is 69.4 Å². The summed E-state index contributed by atoms with van der Waals surface area (Å²) in [5.74, 6) is 0.638. The number of nitrogens with zero attached hydrogens (tertiary/aromatic N) is 1. The van der Waals surface area contributed by atoms with Crippen molar-refractivity contribution in [3.05, 3.63) is 41.3 Å². The number of benzene rings is 1. The van der Waals surface area contributed by atoms with Gasteiger partial charge >= 0.3 is 0 Å². The first-order valence-corrected chi connectivity index (χ1v) is 9.55. The Balaban J connectivity index is 1.74. The lowest BCUT2D eigenvalue weighted by Crippen LogP contribution is -2.18. The molecule has 6 heteroatoms. The maximum absolute atomic E-state index is 12.3. The lowest BCUT2D eigenvalue weighted by atomic mass is 10.1. The molecule has 2 heterocycles. The number of hydrogen-bond donors (Lipinski definition) is 0. The van der Waals surface area contributed by atoms with Crippen molar-refractivity contribution in [3.63, 3.8) is 0 Å². The van der Waals surface area contributed by atoms with E-state index in [1.165, 1.54) is 11.8 Å². The summed E-state index contributed by atoms with van der Waals surface area (Å²) in [6.07, 6.45) is 2.25. The lowest BCUT2D eigenvalue weighted by Gasteiger charge is -2.07. The Morgan fingerprint density at radius 1 is 1.30 bits per heavy atom. The predicted molar refractivity (Wildman–Crippen MR) is 87.8 cm³/mol. The third-order valence-electron chi connectivity index (χ3n) is 4.05. The monoisotopic (exact) mass is 335 g/mol. The van der Waals surface area contributed by atoms with Crippen LogP contribution in [0.1, 0.15) is 23.2 Å². The first-order valence-electron chi connectivity index (χ1n) is 7.73. The van der Waals surface area contributed by atoms with Crippen LogP contribution in [0, 0.1) is 19.8 Å². The highest BCUT2D eigenvalue weighted by Crippen LogP contribution is 2.24. The Kier molecular flexibility index (Phi) is 4.55. The van der Waals surface area contributed by atoms with Crippen LogP contribution in [0.15, 0.2) is 28.9 Å². The number of ether oxygens (including phenoxy) is 1. The van der Waals surface area contributed by atoms with Crippen molar-refractivity contribution in [2.24, 2.45) is 5.92 Å². The third-order valence-corrected chi connectivity index (χ3v) is 5.76. The second-order valence-corrected chi connectivity index (χ2v) is 8.36. The SMILES string of the molecule is Cc1ccc(-c2nc(CS(=O)(=O)CC3CCOC3)co2)c(C)c1. The van der Waals surface area contributed by atoms with Crippen molar-refractivity contribution >= 4 is 9.84 Å². The highest BCUT2D eigenvalue weighted by Gasteiger charge is 2.24. The van der Waals surface area contributed by atoms with E-state index in [4.69, 9.17) is 9.15 Å². The molecule has 5 nitrogen and oxygen atoms in total. The second-order valence-electron chi connectivity index (χ2n) is 6.25. The molecule has 1 unspecified atom stereocenters. The summed E-state index contributed by atoms with van der Waals surface area (Å²) in [6, 6.07) is 5.99. The Hall–Kier alpha value is -1.66. The molecule has 0 saturated carbocycles. The van der Waals surface area contributed by atoms with Crippen LogP contribution in [0.2, 0.25) is 0 Å². The Bertz CT molecular complexity index is 789. The fourth-order valence-corrected chi connectivity index (χ4v) is 4.59. The zero-order valence-corrected chi connectivity index (χ0v) is 14.2. The zero-order chi connectivity index (χ0) is 16.4. The van der Waals surface area contributed by atoms with Gasteiger partial charge in [0.1, 0.15) is 6.26 Å². The minimum absolute atomic E-state index is 0.0854. The van der Waals surface area contributed by atoms with Crippen molar-refractivity contribution in [3.8, 4) is 11.5 Å². The Morgan fingerprint density at radius 3 is 2.83 bits per heavy atom. The lowest BCUT2D eigenvalue weighted by molar-refractivity contribution is 0.188. The molecule has 1 fully saturated rings. The van der Waals surface area contributed by atoms with Crippen LogP contribution in [0.5, 0.6) is 0 Å². The number of aryl methyl sites for hydroxylation is 2. The smallest absolute Gasteiger partial charge is 0.226 e. The van der Waals surface area contributed by atoms with Crippen LogP contribution in [0.4, 0.5) is 0 Å². The molecule has 1 atom stereocenters. The molecule has 0 N–H and O–H groups in total. The number of aromatic nitrogens is 1. The van der Waals surface area contributed by atoms with Crippen LogP contribution in [-0.2, 0) is 20.3 Å². The normalized spacial score (nSPS) is 18.4. The molecular formula is C17H21NO4S. The summed E-state index contributed by atoms with van der Waals surface area (Å²) in [5, 5.41) is 0. The summed E-state index contributed by atoms with van der Waals surface area (Å²) in [6.45, 7) is 5.20. The molecule has 1 saturated heterocycles. The van der Waals surface area contributed by atoms with Gasteiger partial charge in [0, 0.05) is 12.2 Å². The molecule has 3 rings (SSSR count). The van der Waals surface area contributed by atoms with E-state index < -0.39 is 9.84 Å². The highest BCUT2D eigenvalue weighted by molar-refractivity contribution is 7.90. The van der Waals surface area contributed by atoms with E-state index in [1.54, 1.807) is 0 Å². The Morgan fingerprint density at radius 2 is 2.13 bits per heavy atom. The average molecular weight is 335 g/mol. The van der Waals surface area contributed by atoms with Gasteiger partial charge < -0.3 is 9.15 Å². The zero-order valence-electron chi connectivity index (χ0n) is 13.4. The third kappa shape index (κ3) is 4.00. The number of rotatable bonds is 5. The van der Waals surface area contributed by atoms with Crippen molar-refractivity contribution in [2.45, 2.75) is 26.0 Å². The van der Waals surface area contributed by atoms with Gasteiger partial charge in [0.15, 0.2) is 9.84 Å². The largest absolute Gasteiger partial charge is 0.444 e. The minimum Gasteiger partial charge on any atom is -0.444 e. The predicted octanol–water partition coefficient (Wildman–Crippen LogP) is 2.91. The van der Waals surface area contributed by atoms with Crippen LogP contribution in [0.3, 0.4) is 0 Å². The highest BCUT2D eigenvalue weighted by atomic mass is 32.2. The summed E-state index contributed by atoms with van der Waals surface area (Å²) < 4.78 is 35.3. The van der Waals surface area contributed by atoms with Crippen molar-refractivity contribution in [1.29, 1.82) is 0 Å². The molecule has 0 spiro atoms. The molecule has 1 aliphatic heterocycles. The van der Waals surface area contributed by atoms with Crippen LogP contribution in [-0.4, -0.2) is 32.4 Å². The average Bonchev–Trinajstić information content (AvgIpc) is 3.10. The van der Waals surface area contributed by atoms with Crippen molar-refractivity contribution in [2.75, 3.05) is 19.0 Å². The molecule has 23 heavy (non-hydrogen) atoms. The molecule has 2 aromatic rings. The number of oxazole rings is 1. The van der Waals surface area contributed by atoms with E-state index in [1.807, 2.05) is 26.0 Å². The summed E-state index contributed by atoms with van der Waals surface area (Å²) in [5.41, 5.74) is 3.58. The van der Waals surface area contributed by atoms with Crippen LogP contribution >= 0.6 is 0 Å². The van der Waals surface area contributed by atoms with Gasteiger partial charge in [-0.2, -0.15) is 0 Å². The first-order chi connectivity index (χ1) is 10.9. The van der Waals surface area contributed by atoms with Gasteiger partial charge in [0.05, 0.1) is 23.8 Å². The van der Waals surface area contributed by atoms with Gasteiger partial charge in [-0.1, -0.05) is 17.7 Å². The second kappa shape index (κ2) is 6.45. The van der Waals surface area contributed by atoms with E-state index in [0.29, 0.717) is 24.8 Å². The van der Waals surface area contributed by atoms with Gasteiger partial charge in [-0.25, -0.2) is 13.4 Å². The van der Waals surface area contributed by atoms with Crippen molar-refractivity contribution in [1.82, 2.24) is 4.98 Å². The van der Waals surface area contributed by atoms with Gasteiger partial charge in [0.2, 0.25) is 5.89 Å². The maximum Gasteiger partial charge on any atom is 0.226 e. The molecule has 0 radical (unpaired) electrons. The molecule has 1 aromatic heterocycles. The summed E-state index contributed by atoms with van der Waals surface area (Å²) >= 11 is 0. The maximum atomic E-state index is 12.3. The van der Waals surface area contributed by atoms with E-state index in [2.05, 4.69) is 11.1 Å². The van der Waals surface area contributed by atoms with E-state index in [9.17, 15) is 8.42 Å². The van der Waals surface area contributed by atoms with E-state index in [0.717, 1.165) is 17.5 Å². The minimum atomic E-state index is -3.21. The molecule has 0 aliphatic carbocycles. The van der Waals surface area contributed by atoms with Gasteiger partial charge in [-0.3, -0.25) is 0 Å². The fraction of sp³-hybridized carbons (Fsp3) is 0.471. The van der Waals surface area contributed by atoms with Crippen LogP contribution < -0.4 is 0 Å². The number of hydrogen-bond acceptors (Lipinski definition) is 5. The van der Waals surface area contributed by atoms with E-state index in [-0.39, 0.29) is 17.4 Å². The summed E-state index contributed by atoms with van der Waals surface area (Å²) in [4.78, 5) is 4.35. The molecular weight excluding hydrogens is 314 g/mol. The van der Waals surface area contributed by atoms with Gasteiger partial charge in [-0.05, 0) is 37.8 Å². The quantitative estimate of drug-likeness (QED) is 0.840. The first kappa shape index (κ1) is 16.2. The standard InChI is InChI=1S/C17H21NO4S/c1-12-3-4-16(13(2)7-12)17-18-15(9-22-17)11-23(19,20)10-14-5-6-21-8-14/h3-4,7,9,14H,5-6,8,10-11H2,1-2H3. The van der Waals surface area contributed by atoms with Crippen molar-refractivity contribution < 1.29 is 17.6 Å². The molecule has 1 aromatic carbocycles. The molecule has 1 aliphatic rings. The molecule has 0 bridgehead atoms. The fourth-order valence-electron chi connectivity index (χ4n) is 2.91. The van der Waals surface area contributed by atoms with Crippen LogP contribution in [0.25, 0.3) is 11.5 Å². The van der Waals surface area contributed by atoms with E-state index >= 15 is 0 Å². The molecule has 0 amide bonds. The van der Waals surface area contributed by atoms with Gasteiger partial charge in [0.25, 0.3) is 0 Å².